The predicted molar refractivity (Wildman–Crippen MR) is 97.0 cm³/mol. The van der Waals surface area contributed by atoms with E-state index < -0.39 is 5.97 Å². The van der Waals surface area contributed by atoms with Crippen LogP contribution in [0.3, 0.4) is 0 Å². The van der Waals surface area contributed by atoms with E-state index in [2.05, 4.69) is 5.32 Å². The minimum atomic E-state index is -0.489. The van der Waals surface area contributed by atoms with Gasteiger partial charge < -0.3 is 14.6 Å². The molecule has 0 aliphatic carbocycles. The molecule has 2 aliphatic heterocycles. The fourth-order valence-electron chi connectivity index (χ4n) is 4.26. The van der Waals surface area contributed by atoms with E-state index in [4.69, 9.17) is 4.74 Å². The van der Waals surface area contributed by atoms with E-state index in [1.165, 1.54) is 0 Å². The van der Waals surface area contributed by atoms with Gasteiger partial charge in [-0.1, -0.05) is 18.2 Å². The average Bonchev–Trinajstić information content (AvgIpc) is 2.92. The van der Waals surface area contributed by atoms with Crippen molar-refractivity contribution in [3.8, 4) is 0 Å². The second-order valence-electron chi connectivity index (χ2n) is 7.52. The molecule has 0 amide bonds. The molecule has 4 rings (SSSR count). The van der Waals surface area contributed by atoms with Crippen LogP contribution in [-0.4, -0.2) is 28.7 Å². The van der Waals surface area contributed by atoms with Crippen LogP contribution in [0.5, 0.6) is 0 Å². The highest BCUT2D eigenvalue weighted by molar-refractivity contribution is 5.94. The number of nitrogens with zero attached hydrogens (tertiary/aromatic N) is 1. The smallest absolute Gasteiger partial charge is 0.344 e. The second-order valence-corrected chi connectivity index (χ2v) is 7.52. The molecule has 0 radical (unpaired) electrons. The number of rotatable bonds is 3. The van der Waals surface area contributed by atoms with Crippen LogP contribution in [0.2, 0.25) is 0 Å². The van der Waals surface area contributed by atoms with E-state index in [-0.39, 0.29) is 23.3 Å². The summed E-state index contributed by atoms with van der Waals surface area (Å²) in [7, 11) is 0. The quantitative estimate of drug-likeness (QED) is 0.873. The number of benzene rings is 1. The third-order valence-electron chi connectivity index (χ3n) is 5.39. The molecule has 2 unspecified atom stereocenters. The number of para-hydroxylation sites is 1. The third-order valence-corrected chi connectivity index (χ3v) is 5.39. The monoisotopic (exact) mass is 340 g/mol. The molecule has 3 heterocycles. The molecular weight excluding hydrogens is 316 g/mol. The first-order valence-corrected chi connectivity index (χ1v) is 9.14. The Kier molecular flexibility index (Phi) is 4.12. The normalized spacial score (nSPS) is 25.5. The maximum absolute atomic E-state index is 12.9. The summed E-state index contributed by atoms with van der Waals surface area (Å²) in [6, 6.07) is 10.2. The minimum absolute atomic E-state index is 0.0279. The van der Waals surface area contributed by atoms with Gasteiger partial charge in [-0.05, 0) is 57.0 Å². The van der Waals surface area contributed by atoms with Gasteiger partial charge in [-0.15, -0.1) is 0 Å². The fourth-order valence-corrected chi connectivity index (χ4v) is 4.26. The molecule has 5 nitrogen and oxygen atoms in total. The summed E-state index contributed by atoms with van der Waals surface area (Å²) in [5.74, 6) is -0.489. The lowest BCUT2D eigenvalue weighted by Crippen LogP contribution is -2.42. The van der Waals surface area contributed by atoms with E-state index in [1.54, 1.807) is 10.6 Å². The zero-order valence-corrected chi connectivity index (χ0v) is 14.7. The first-order chi connectivity index (χ1) is 12.0. The number of fused-ring (bicyclic) bond motifs is 3. The Morgan fingerprint density at radius 3 is 2.56 bits per heavy atom. The molecule has 2 aliphatic rings. The highest BCUT2D eigenvalue weighted by Crippen LogP contribution is 2.29. The molecular formula is C20H24N2O3. The van der Waals surface area contributed by atoms with Gasteiger partial charge in [0.1, 0.15) is 11.7 Å². The van der Waals surface area contributed by atoms with Gasteiger partial charge in [-0.3, -0.25) is 4.79 Å². The van der Waals surface area contributed by atoms with Crippen molar-refractivity contribution in [1.82, 2.24) is 9.88 Å². The number of hydrogen-bond acceptors (Lipinski definition) is 4. The lowest BCUT2D eigenvalue weighted by molar-refractivity contribution is 0.0175. The molecule has 2 bridgehead atoms. The van der Waals surface area contributed by atoms with E-state index in [9.17, 15) is 9.59 Å². The summed E-state index contributed by atoms with van der Waals surface area (Å²) in [5.41, 5.74) is 0.716. The Hall–Kier alpha value is -2.14. The molecule has 0 saturated carbocycles. The van der Waals surface area contributed by atoms with Gasteiger partial charge >= 0.3 is 5.97 Å². The van der Waals surface area contributed by atoms with Crippen molar-refractivity contribution >= 4 is 16.9 Å². The summed E-state index contributed by atoms with van der Waals surface area (Å²) < 4.78 is 7.41. The molecule has 2 aromatic rings. The van der Waals surface area contributed by atoms with Crippen LogP contribution in [0.25, 0.3) is 10.9 Å². The Balaban J connectivity index is 1.67. The van der Waals surface area contributed by atoms with Gasteiger partial charge in [-0.2, -0.15) is 0 Å². The van der Waals surface area contributed by atoms with Crippen molar-refractivity contribution in [2.45, 2.75) is 63.8 Å². The average molecular weight is 340 g/mol. The summed E-state index contributed by atoms with van der Waals surface area (Å²) in [5, 5.41) is 4.42. The number of nitrogens with one attached hydrogen (secondary N) is 1. The minimum Gasteiger partial charge on any atom is -0.459 e. The standard InChI is InChI=1S/C20H24N2O3/c1-12(2)22-18-6-4-3-5-13(18)9-17(19(22)23)20(24)25-16-10-14-7-8-15(11-16)21-14/h3-6,9,12,14-16,21H,7-8,10-11H2,1-2H3. The van der Waals surface area contributed by atoms with E-state index in [0.29, 0.717) is 12.1 Å². The van der Waals surface area contributed by atoms with Crippen molar-refractivity contribution in [2.24, 2.45) is 0 Å². The van der Waals surface area contributed by atoms with Crippen molar-refractivity contribution in [3.05, 3.63) is 46.2 Å². The SMILES string of the molecule is CC(C)n1c(=O)c(C(=O)OC2CC3CCC(C2)N3)cc2ccccc21. The lowest BCUT2D eigenvalue weighted by Gasteiger charge is -2.28. The third kappa shape index (κ3) is 2.97. The molecule has 0 spiro atoms. The number of hydrogen-bond donors (Lipinski definition) is 1. The van der Waals surface area contributed by atoms with Crippen LogP contribution >= 0.6 is 0 Å². The van der Waals surface area contributed by atoms with Crippen LogP contribution in [-0.2, 0) is 4.74 Å². The maximum Gasteiger partial charge on any atom is 0.344 e. The molecule has 1 aromatic carbocycles. The molecule has 2 fully saturated rings. The van der Waals surface area contributed by atoms with Crippen molar-refractivity contribution in [3.63, 3.8) is 0 Å². The number of piperidine rings is 1. The highest BCUT2D eigenvalue weighted by atomic mass is 16.5. The molecule has 2 atom stereocenters. The van der Waals surface area contributed by atoms with Gasteiger partial charge in [0.2, 0.25) is 0 Å². The van der Waals surface area contributed by atoms with Crippen LogP contribution < -0.4 is 10.9 Å². The van der Waals surface area contributed by atoms with Gasteiger partial charge in [0.25, 0.3) is 5.56 Å². The number of carbonyl (C=O) groups excluding carboxylic acids is 1. The predicted octanol–water partition coefficient (Wildman–Crippen LogP) is 3.02. The highest BCUT2D eigenvalue weighted by Gasteiger charge is 2.35. The molecule has 1 aromatic heterocycles. The molecule has 2 saturated heterocycles. The van der Waals surface area contributed by atoms with E-state index in [0.717, 1.165) is 36.6 Å². The van der Waals surface area contributed by atoms with E-state index in [1.807, 2.05) is 38.1 Å². The van der Waals surface area contributed by atoms with Crippen molar-refractivity contribution in [2.75, 3.05) is 0 Å². The summed E-state index contributed by atoms with van der Waals surface area (Å²) in [6.45, 7) is 3.90. The lowest BCUT2D eigenvalue weighted by atomic mass is 10.0. The van der Waals surface area contributed by atoms with Crippen LogP contribution in [0.15, 0.2) is 35.1 Å². The zero-order valence-electron chi connectivity index (χ0n) is 14.7. The number of ether oxygens (including phenoxy) is 1. The number of esters is 1. The Labute approximate surface area is 147 Å². The van der Waals surface area contributed by atoms with Crippen LogP contribution in [0.1, 0.15) is 55.9 Å². The Morgan fingerprint density at radius 2 is 1.88 bits per heavy atom. The zero-order chi connectivity index (χ0) is 17.6. The van der Waals surface area contributed by atoms with Crippen LogP contribution in [0, 0.1) is 0 Å². The molecule has 1 N–H and O–H groups in total. The molecule has 5 heteroatoms. The van der Waals surface area contributed by atoms with Gasteiger partial charge in [0.15, 0.2) is 0 Å². The maximum atomic E-state index is 12.9. The van der Waals surface area contributed by atoms with Gasteiger partial charge in [0.05, 0.1) is 5.52 Å². The first kappa shape index (κ1) is 16.3. The summed E-state index contributed by atoms with van der Waals surface area (Å²) in [6.07, 6.45) is 3.89. The summed E-state index contributed by atoms with van der Waals surface area (Å²) >= 11 is 0. The van der Waals surface area contributed by atoms with Gasteiger partial charge in [0, 0.05) is 18.1 Å². The van der Waals surface area contributed by atoms with Crippen molar-refractivity contribution in [1.29, 1.82) is 0 Å². The number of carbonyl (C=O) groups is 1. The largest absolute Gasteiger partial charge is 0.459 e. The number of aromatic nitrogens is 1. The Bertz CT molecular complexity index is 859. The van der Waals surface area contributed by atoms with Crippen LogP contribution in [0.4, 0.5) is 0 Å². The first-order valence-electron chi connectivity index (χ1n) is 9.14. The number of pyridine rings is 1. The van der Waals surface area contributed by atoms with E-state index >= 15 is 0 Å². The topological polar surface area (TPSA) is 60.3 Å². The Morgan fingerprint density at radius 1 is 1.20 bits per heavy atom. The van der Waals surface area contributed by atoms with Crippen molar-refractivity contribution < 1.29 is 9.53 Å². The molecule has 25 heavy (non-hydrogen) atoms. The summed E-state index contributed by atoms with van der Waals surface area (Å²) in [4.78, 5) is 25.6. The van der Waals surface area contributed by atoms with Gasteiger partial charge in [-0.25, -0.2) is 4.79 Å². The molecule has 132 valence electrons. The fraction of sp³-hybridized carbons (Fsp3) is 0.500. The second kappa shape index (κ2) is 6.30.